The molecule has 0 saturated carbocycles. The molecule has 150 valence electrons. The molecule has 0 bridgehead atoms. The second kappa shape index (κ2) is 10.1. The molecule has 2 heterocycles. The van der Waals surface area contributed by atoms with Gasteiger partial charge in [-0.05, 0) is 49.1 Å². The Morgan fingerprint density at radius 3 is 2.79 bits per heavy atom. The predicted octanol–water partition coefficient (Wildman–Crippen LogP) is 2.64. The molecule has 1 amide bonds. The fraction of sp³-hybridized carbons (Fsp3) is 0.455. The lowest BCUT2D eigenvalue weighted by Gasteiger charge is -2.34. The van der Waals surface area contributed by atoms with Gasteiger partial charge >= 0.3 is 0 Å². The van der Waals surface area contributed by atoms with Gasteiger partial charge in [0.15, 0.2) is 0 Å². The first-order chi connectivity index (χ1) is 13.7. The second-order valence-corrected chi connectivity index (χ2v) is 7.12. The number of pyridine rings is 1. The minimum atomic E-state index is -0.0690. The van der Waals surface area contributed by atoms with Gasteiger partial charge in [0.05, 0.1) is 12.7 Å². The van der Waals surface area contributed by atoms with Crippen molar-refractivity contribution in [1.82, 2.24) is 15.6 Å². The van der Waals surface area contributed by atoms with E-state index in [4.69, 9.17) is 4.74 Å². The molecule has 28 heavy (non-hydrogen) atoms. The van der Waals surface area contributed by atoms with Gasteiger partial charge in [-0.25, -0.2) is 4.98 Å². The lowest BCUT2D eigenvalue weighted by Crippen LogP contribution is -2.50. The summed E-state index contributed by atoms with van der Waals surface area (Å²) in [5, 5.41) is 6.48. The Morgan fingerprint density at radius 1 is 1.29 bits per heavy atom. The first kappa shape index (κ1) is 20.1. The average Bonchev–Trinajstić information content (AvgIpc) is 2.77. The van der Waals surface area contributed by atoms with Crippen LogP contribution >= 0.6 is 0 Å². The SMILES string of the molecule is CC[C@H]1CN(c2ccc(C(=O)NCCCc3ccc(OC)cc3)cn2)CCN1. The van der Waals surface area contributed by atoms with Crippen molar-refractivity contribution >= 4 is 11.7 Å². The number of ether oxygens (including phenoxy) is 1. The summed E-state index contributed by atoms with van der Waals surface area (Å²) in [7, 11) is 1.66. The number of anilines is 1. The average molecular weight is 383 g/mol. The normalized spacial score (nSPS) is 16.6. The standard InChI is InChI=1S/C22H30N4O2/c1-3-19-16-26(14-13-23-19)21-11-8-18(15-25-21)22(27)24-12-4-5-17-6-9-20(28-2)10-7-17/h6-11,15,19,23H,3-5,12-14,16H2,1-2H3,(H,24,27)/t19-/m0/s1. The van der Waals surface area contributed by atoms with Gasteiger partial charge in [-0.2, -0.15) is 0 Å². The van der Waals surface area contributed by atoms with Crippen molar-refractivity contribution in [3.8, 4) is 5.75 Å². The fourth-order valence-corrected chi connectivity index (χ4v) is 3.40. The van der Waals surface area contributed by atoms with Gasteiger partial charge < -0.3 is 20.3 Å². The molecule has 2 N–H and O–H groups in total. The number of carbonyl (C=O) groups excluding carboxylic acids is 1. The topological polar surface area (TPSA) is 66.5 Å². The molecule has 0 spiro atoms. The molecule has 1 aliphatic heterocycles. The number of nitrogens with zero attached hydrogens (tertiary/aromatic N) is 2. The van der Waals surface area contributed by atoms with Crippen molar-refractivity contribution in [3.05, 3.63) is 53.7 Å². The van der Waals surface area contributed by atoms with Crippen molar-refractivity contribution < 1.29 is 9.53 Å². The number of aromatic nitrogens is 1. The van der Waals surface area contributed by atoms with Crippen LogP contribution in [0.1, 0.15) is 35.7 Å². The Labute approximate surface area is 167 Å². The van der Waals surface area contributed by atoms with Crippen LogP contribution in [0.15, 0.2) is 42.6 Å². The Kier molecular flexibility index (Phi) is 7.25. The molecule has 1 saturated heterocycles. The molecule has 1 aromatic carbocycles. The largest absolute Gasteiger partial charge is 0.497 e. The van der Waals surface area contributed by atoms with E-state index in [-0.39, 0.29) is 5.91 Å². The molecule has 1 aliphatic rings. The number of amides is 1. The maximum absolute atomic E-state index is 12.3. The summed E-state index contributed by atoms with van der Waals surface area (Å²) in [5.41, 5.74) is 1.85. The molecule has 3 rings (SSSR count). The Hall–Kier alpha value is -2.60. The Balaban J connectivity index is 1.44. The van der Waals surface area contributed by atoms with E-state index in [1.165, 1.54) is 5.56 Å². The zero-order chi connectivity index (χ0) is 19.8. The number of piperazine rings is 1. The van der Waals surface area contributed by atoms with E-state index in [2.05, 4.69) is 39.6 Å². The van der Waals surface area contributed by atoms with Crippen LogP contribution in [0.25, 0.3) is 0 Å². The molecule has 0 unspecified atom stereocenters. The summed E-state index contributed by atoms with van der Waals surface area (Å²) in [4.78, 5) is 19.1. The molecule has 1 fully saturated rings. The van der Waals surface area contributed by atoms with Crippen molar-refractivity contribution in [2.45, 2.75) is 32.2 Å². The van der Waals surface area contributed by atoms with Crippen LogP contribution < -0.4 is 20.3 Å². The van der Waals surface area contributed by atoms with Crippen molar-refractivity contribution in [3.63, 3.8) is 0 Å². The number of hydrogen-bond acceptors (Lipinski definition) is 5. The molecule has 0 radical (unpaired) electrons. The van der Waals surface area contributed by atoms with Crippen LogP contribution in [-0.2, 0) is 6.42 Å². The third kappa shape index (κ3) is 5.45. The quantitative estimate of drug-likeness (QED) is 0.687. The summed E-state index contributed by atoms with van der Waals surface area (Å²) in [6.07, 6.45) is 4.59. The number of hydrogen-bond donors (Lipinski definition) is 2. The number of methoxy groups -OCH3 is 1. The van der Waals surface area contributed by atoms with Crippen molar-refractivity contribution in [2.75, 3.05) is 38.2 Å². The van der Waals surface area contributed by atoms with Gasteiger partial charge in [0.2, 0.25) is 0 Å². The van der Waals surface area contributed by atoms with Crippen LogP contribution in [0, 0.1) is 0 Å². The van der Waals surface area contributed by atoms with Gasteiger partial charge in [-0.15, -0.1) is 0 Å². The van der Waals surface area contributed by atoms with Crippen LogP contribution in [0.3, 0.4) is 0 Å². The summed E-state index contributed by atoms with van der Waals surface area (Å²) in [6.45, 7) is 5.71. The second-order valence-electron chi connectivity index (χ2n) is 7.12. The summed E-state index contributed by atoms with van der Waals surface area (Å²) < 4.78 is 5.16. The third-order valence-electron chi connectivity index (χ3n) is 5.17. The van der Waals surface area contributed by atoms with Gasteiger partial charge in [0.1, 0.15) is 11.6 Å². The van der Waals surface area contributed by atoms with E-state index in [0.29, 0.717) is 18.2 Å². The molecular weight excluding hydrogens is 352 g/mol. The maximum atomic E-state index is 12.3. The Morgan fingerprint density at radius 2 is 2.11 bits per heavy atom. The van der Waals surface area contributed by atoms with Crippen LogP contribution in [-0.4, -0.2) is 50.2 Å². The molecular formula is C22H30N4O2. The fourth-order valence-electron chi connectivity index (χ4n) is 3.40. The number of rotatable bonds is 8. The highest BCUT2D eigenvalue weighted by Crippen LogP contribution is 2.15. The van der Waals surface area contributed by atoms with E-state index in [9.17, 15) is 4.79 Å². The first-order valence-electron chi connectivity index (χ1n) is 10.0. The van der Waals surface area contributed by atoms with Crippen LogP contribution in [0.4, 0.5) is 5.82 Å². The molecule has 2 aromatic rings. The molecule has 0 aliphatic carbocycles. The van der Waals surface area contributed by atoms with Gasteiger partial charge in [0.25, 0.3) is 5.91 Å². The molecule has 6 heteroatoms. The third-order valence-corrected chi connectivity index (χ3v) is 5.17. The van der Waals surface area contributed by atoms with E-state index in [1.54, 1.807) is 13.3 Å². The highest BCUT2D eigenvalue weighted by atomic mass is 16.5. The summed E-state index contributed by atoms with van der Waals surface area (Å²) >= 11 is 0. The van der Waals surface area contributed by atoms with Gasteiger partial charge in [-0.1, -0.05) is 19.1 Å². The van der Waals surface area contributed by atoms with E-state index >= 15 is 0 Å². The van der Waals surface area contributed by atoms with E-state index < -0.39 is 0 Å². The van der Waals surface area contributed by atoms with E-state index in [0.717, 1.165) is 50.5 Å². The number of aryl methyl sites for hydroxylation is 1. The number of benzene rings is 1. The smallest absolute Gasteiger partial charge is 0.252 e. The van der Waals surface area contributed by atoms with Crippen molar-refractivity contribution in [2.24, 2.45) is 0 Å². The molecule has 1 atom stereocenters. The monoisotopic (exact) mass is 382 g/mol. The first-order valence-corrected chi connectivity index (χ1v) is 10.0. The summed E-state index contributed by atoms with van der Waals surface area (Å²) in [5.74, 6) is 1.73. The van der Waals surface area contributed by atoms with Crippen LogP contribution in [0.5, 0.6) is 5.75 Å². The van der Waals surface area contributed by atoms with Crippen molar-refractivity contribution in [1.29, 1.82) is 0 Å². The number of nitrogens with one attached hydrogen (secondary N) is 2. The highest BCUT2D eigenvalue weighted by molar-refractivity contribution is 5.94. The van der Waals surface area contributed by atoms with Crippen LogP contribution in [0.2, 0.25) is 0 Å². The zero-order valence-corrected chi connectivity index (χ0v) is 16.8. The predicted molar refractivity (Wildman–Crippen MR) is 112 cm³/mol. The molecule has 6 nitrogen and oxygen atoms in total. The molecule has 1 aromatic heterocycles. The van der Waals surface area contributed by atoms with Gasteiger partial charge in [-0.3, -0.25) is 4.79 Å². The van der Waals surface area contributed by atoms with E-state index in [1.807, 2.05) is 24.3 Å². The van der Waals surface area contributed by atoms with Gasteiger partial charge in [0, 0.05) is 38.4 Å². The minimum Gasteiger partial charge on any atom is -0.497 e. The minimum absolute atomic E-state index is 0.0690. The maximum Gasteiger partial charge on any atom is 0.252 e. The summed E-state index contributed by atoms with van der Waals surface area (Å²) in [6, 6.07) is 12.4. The lowest BCUT2D eigenvalue weighted by molar-refractivity contribution is 0.0953. The Bertz CT molecular complexity index is 746. The lowest BCUT2D eigenvalue weighted by atomic mass is 10.1. The number of carbonyl (C=O) groups is 1. The zero-order valence-electron chi connectivity index (χ0n) is 16.8. The highest BCUT2D eigenvalue weighted by Gasteiger charge is 2.19.